The van der Waals surface area contributed by atoms with Crippen LogP contribution < -0.4 is 10.5 Å². The number of esters is 1. The van der Waals surface area contributed by atoms with Crippen molar-refractivity contribution >= 4 is 23.9 Å². The first kappa shape index (κ1) is 29.2. The van der Waals surface area contributed by atoms with E-state index in [1.165, 1.54) is 4.90 Å². The summed E-state index contributed by atoms with van der Waals surface area (Å²) in [4.78, 5) is 53.8. The number of primary amides is 1. The zero-order chi connectivity index (χ0) is 29.6. The summed E-state index contributed by atoms with van der Waals surface area (Å²) in [6.45, 7) is 12.0. The number of nitrogens with two attached hydrogens (primary N) is 1. The van der Waals surface area contributed by atoms with Crippen LogP contribution >= 0.6 is 0 Å². The molecule has 0 saturated carbocycles. The second-order valence-corrected chi connectivity index (χ2v) is 12.8. The van der Waals surface area contributed by atoms with Crippen LogP contribution in [0.3, 0.4) is 0 Å². The lowest BCUT2D eigenvalue weighted by Crippen LogP contribution is -2.47. The van der Waals surface area contributed by atoms with Crippen molar-refractivity contribution in [1.29, 1.82) is 5.26 Å². The van der Waals surface area contributed by atoms with Crippen LogP contribution in [-0.2, 0) is 31.0 Å². The molecule has 1 unspecified atom stereocenters. The summed E-state index contributed by atoms with van der Waals surface area (Å²) in [6.07, 6.45) is 0.764. The third-order valence-electron chi connectivity index (χ3n) is 7.49. The van der Waals surface area contributed by atoms with Gasteiger partial charge in [-0.3, -0.25) is 14.4 Å². The zero-order valence-corrected chi connectivity index (χ0v) is 24.1. The van der Waals surface area contributed by atoms with Crippen molar-refractivity contribution < 1.29 is 33.4 Å². The molecule has 40 heavy (non-hydrogen) atoms. The molecule has 1 atom stereocenters. The van der Waals surface area contributed by atoms with Gasteiger partial charge >= 0.3 is 12.1 Å². The molecule has 1 aromatic rings. The van der Waals surface area contributed by atoms with Gasteiger partial charge in [0.05, 0.1) is 30.3 Å². The van der Waals surface area contributed by atoms with Gasteiger partial charge in [0.1, 0.15) is 23.0 Å². The number of carbonyl (C=O) groups is 4. The molecule has 0 radical (unpaired) electrons. The smallest absolute Gasteiger partial charge is 0.410 e. The summed E-state index contributed by atoms with van der Waals surface area (Å²) in [5.74, 6) is -1.19. The van der Waals surface area contributed by atoms with Crippen molar-refractivity contribution in [2.45, 2.75) is 96.4 Å². The summed E-state index contributed by atoms with van der Waals surface area (Å²) in [7, 11) is 0. The molecule has 4 rings (SSSR count). The van der Waals surface area contributed by atoms with Gasteiger partial charge in [0.2, 0.25) is 5.91 Å². The van der Waals surface area contributed by atoms with Crippen molar-refractivity contribution in [3.05, 3.63) is 28.3 Å². The van der Waals surface area contributed by atoms with Crippen molar-refractivity contribution in [2.75, 3.05) is 19.7 Å². The summed E-state index contributed by atoms with van der Waals surface area (Å²) in [5, 5.41) is 10.00. The molecule has 0 bridgehead atoms. The fourth-order valence-corrected chi connectivity index (χ4v) is 5.64. The van der Waals surface area contributed by atoms with Crippen LogP contribution in [0.4, 0.5) is 4.79 Å². The Hall–Kier alpha value is -3.81. The number of rotatable bonds is 5. The minimum atomic E-state index is -1.05. The van der Waals surface area contributed by atoms with Crippen LogP contribution in [0.5, 0.6) is 5.75 Å². The van der Waals surface area contributed by atoms with Crippen LogP contribution in [0.2, 0.25) is 0 Å². The zero-order valence-electron chi connectivity index (χ0n) is 24.1. The van der Waals surface area contributed by atoms with E-state index in [-0.39, 0.29) is 36.6 Å². The number of carbonyl (C=O) groups excluding carboxylic acids is 4. The summed E-state index contributed by atoms with van der Waals surface area (Å²) >= 11 is 0. The first-order valence-electron chi connectivity index (χ1n) is 13.6. The van der Waals surface area contributed by atoms with E-state index in [0.717, 1.165) is 5.56 Å². The SMILES string of the molecule is CC(C)(C)OC(=O)CCC(C(N)=O)N1Cc2c3c(cc(C#N)c2C1=O)C1(CCN(C(=O)OC(C)(C)C)CC1)CO3. The predicted octanol–water partition coefficient (Wildman–Crippen LogP) is 3.15. The van der Waals surface area contributed by atoms with Crippen LogP contribution in [0.25, 0.3) is 0 Å². The van der Waals surface area contributed by atoms with E-state index in [4.69, 9.17) is 19.9 Å². The molecule has 0 aliphatic carbocycles. The predicted molar refractivity (Wildman–Crippen MR) is 143 cm³/mol. The Morgan fingerprint density at radius 1 is 1.12 bits per heavy atom. The molecule has 1 fully saturated rings. The van der Waals surface area contributed by atoms with Crippen LogP contribution in [0.1, 0.15) is 94.3 Å². The van der Waals surface area contributed by atoms with Gasteiger partial charge in [-0.25, -0.2) is 4.79 Å². The lowest BCUT2D eigenvalue weighted by atomic mass is 9.73. The van der Waals surface area contributed by atoms with Gasteiger partial charge in [0, 0.05) is 36.1 Å². The molecule has 0 aromatic heterocycles. The Balaban J connectivity index is 1.57. The minimum Gasteiger partial charge on any atom is -0.492 e. The highest BCUT2D eigenvalue weighted by Crippen LogP contribution is 2.50. The van der Waals surface area contributed by atoms with Crippen molar-refractivity contribution in [3.8, 4) is 11.8 Å². The van der Waals surface area contributed by atoms with E-state index in [1.54, 1.807) is 31.7 Å². The number of hydrogen-bond donors (Lipinski definition) is 1. The first-order chi connectivity index (χ1) is 18.5. The number of hydrogen-bond acceptors (Lipinski definition) is 8. The lowest BCUT2D eigenvalue weighted by Gasteiger charge is -2.39. The summed E-state index contributed by atoms with van der Waals surface area (Å²) in [5.41, 5.74) is 5.78. The van der Waals surface area contributed by atoms with Crippen LogP contribution in [0, 0.1) is 11.3 Å². The Morgan fingerprint density at radius 3 is 2.30 bits per heavy atom. The second kappa shape index (κ2) is 10.3. The molecule has 3 amide bonds. The third-order valence-corrected chi connectivity index (χ3v) is 7.49. The summed E-state index contributed by atoms with van der Waals surface area (Å²) < 4.78 is 17.0. The van der Waals surface area contributed by atoms with Gasteiger partial charge < -0.3 is 29.7 Å². The lowest BCUT2D eigenvalue weighted by molar-refractivity contribution is -0.155. The summed E-state index contributed by atoms with van der Waals surface area (Å²) in [6, 6.07) is 2.81. The maximum absolute atomic E-state index is 13.5. The van der Waals surface area contributed by atoms with E-state index in [1.807, 2.05) is 20.8 Å². The molecule has 11 heteroatoms. The number of likely N-dealkylation sites (tertiary alicyclic amines) is 1. The topological polar surface area (TPSA) is 152 Å². The Kier molecular flexibility index (Phi) is 7.52. The van der Waals surface area contributed by atoms with Gasteiger partial charge in [-0.2, -0.15) is 5.26 Å². The highest BCUT2D eigenvalue weighted by Gasteiger charge is 2.49. The molecule has 1 spiro atoms. The fourth-order valence-electron chi connectivity index (χ4n) is 5.64. The van der Waals surface area contributed by atoms with Gasteiger partial charge in [-0.1, -0.05) is 0 Å². The van der Waals surface area contributed by atoms with Gasteiger partial charge in [0.25, 0.3) is 5.91 Å². The van der Waals surface area contributed by atoms with Crippen molar-refractivity contribution in [2.24, 2.45) is 5.73 Å². The minimum absolute atomic E-state index is 0.000648. The number of ether oxygens (including phenoxy) is 3. The highest BCUT2D eigenvalue weighted by atomic mass is 16.6. The number of nitrogens with zero attached hydrogens (tertiary/aromatic N) is 3. The van der Waals surface area contributed by atoms with Crippen LogP contribution in [-0.4, -0.2) is 70.6 Å². The Morgan fingerprint density at radius 2 is 1.75 bits per heavy atom. The molecule has 3 aliphatic rings. The molecule has 3 heterocycles. The maximum atomic E-state index is 13.5. The maximum Gasteiger partial charge on any atom is 0.410 e. The number of fused-ring (bicyclic) bond motifs is 4. The molecular formula is C29H38N4O7. The average Bonchev–Trinajstić information content (AvgIpc) is 3.35. The largest absolute Gasteiger partial charge is 0.492 e. The first-order valence-corrected chi connectivity index (χ1v) is 13.6. The fraction of sp³-hybridized carbons (Fsp3) is 0.621. The van der Waals surface area contributed by atoms with E-state index in [9.17, 15) is 24.4 Å². The third kappa shape index (κ3) is 5.71. The van der Waals surface area contributed by atoms with Gasteiger partial charge in [-0.05, 0) is 66.9 Å². The van der Waals surface area contributed by atoms with Gasteiger partial charge in [-0.15, -0.1) is 0 Å². The standard InChI is InChI=1S/C29H38N4O7/c1-27(2,3)39-21(34)8-7-20(24(31)35)33-15-18-22(25(33)36)17(14-30)13-19-23(18)38-16-29(19)9-11-32(12-10-29)26(37)40-28(4,5)6/h13,20H,7-12,15-16H2,1-6H3,(H2,31,35). The number of amides is 3. The van der Waals surface area contributed by atoms with Crippen molar-refractivity contribution in [1.82, 2.24) is 9.80 Å². The molecule has 11 nitrogen and oxygen atoms in total. The second-order valence-electron chi connectivity index (χ2n) is 12.8. The average molecular weight is 555 g/mol. The van der Waals surface area contributed by atoms with E-state index in [2.05, 4.69) is 6.07 Å². The normalized spacial score (nSPS) is 18.5. The molecule has 1 saturated heterocycles. The number of nitriles is 1. The van der Waals surface area contributed by atoms with Crippen molar-refractivity contribution in [3.63, 3.8) is 0 Å². The van der Waals surface area contributed by atoms with E-state index >= 15 is 0 Å². The Labute approximate surface area is 234 Å². The van der Waals surface area contributed by atoms with E-state index < -0.39 is 40.4 Å². The number of benzene rings is 1. The van der Waals surface area contributed by atoms with E-state index in [0.29, 0.717) is 43.9 Å². The molecular weight excluding hydrogens is 516 g/mol. The van der Waals surface area contributed by atoms with Gasteiger partial charge in [0.15, 0.2) is 0 Å². The number of piperidine rings is 1. The Bertz CT molecular complexity index is 1280. The molecule has 3 aliphatic heterocycles. The van der Waals surface area contributed by atoms with Crippen LogP contribution in [0.15, 0.2) is 6.07 Å². The molecule has 1 aromatic carbocycles. The monoisotopic (exact) mass is 554 g/mol. The highest BCUT2D eigenvalue weighted by molar-refractivity contribution is 6.04. The molecule has 2 N–H and O–H groups in total. The molecule has 216 valence electrons. The quantitative estimate of drug-likeness (QED) is 0.545.